The second kappa shape index (κ2) is 5.17. The van der Waals surface area contributed by atoms with Gasteiger partial charge in [-0.15, -0.1) is 0 Å². The molecule has 112 valence electrons. The van der Waals surface area contributed by atoms with Crippen molar-refractivity contribution in [2.45, 2.75) is 17.1 Å². The van der Waals surface area contributed by atoms with E-state index >= 15 is 0 Å². The molecule has 7 nitrogen and oxygen atoms in total. The summed E-state index contributed by atoms with van der Waals surface area (Å²) in [5, 5.41) is 18.8. The maximum absolute atomic E-state index is 13.7. The molecule has 4 N–H and O–H groups in total. The summed E-state index contributed by atoms with van der Waals surface area (Å²) in [6.07, 6.45) is -2.32. The number of hydrogen-bond acceptors (Lipinski definition) is 6. The van der Waals surface area contributed by atoms with Crippen molar-refractivity contribution >= 4 is 15.7 Å². The summed E-state index contributed by atoms with van der Waals surface area (Å²) in [5.41, 5.74) is 5.39. The van der Waals surface area contributed by atoms with Gasteiger partial charge < -0.3 is 20.7 Å². The van der Waals surface area contributed by atoms with Gasteiger partial charge in [0.05, 0.1) is 29.9 Å². The molecule has 1 fully saturated rings. The van der Waals surface area contributed by atoms with Crippen LogP contribution >= 0.6 is 0 Å². The van der Waals surface area contributed by atoms with Crippen molar-refractivity contribution in [1.82, 2.24) is 4.31 Å². The Kier molecular flexibility index (Phi) is 3.87. The molecule has 2 atom stereocenters. The molecule has 1 aliphatic rings. The van der Waals surface area contributed by atoms with Gasteiger partial charge in [0.15, 0.2) is 11.6 Å². The maximum atomic E-state index is 13.7. The molecule has 1 saturated heterocycles. The van der Waals surface area contributed by atoms with Gasteiger partial charge in [-0.05, 0) is 12.1 Å². The molecule has 2 rings (SSSR count). The van der Waals surface area contributed by atoms with E-state index in [0.717, 1.165) is 16.4 Å². The SMILES string of the molecule is COc1c(N)cc(S(=O)(=O)N2C[C@@H](O)[C@@H](O)C2)cc1F. The number of halogens is 1. The average molecular weight is 306 g/mol. The standard InChI is InChI=1S/C11H15FN2O5S/c1-19-11-7(12)2-6(3-8(11)13)20(17,18)14-4-9(15)10(16)5-14/h2-3,9-10,15-16H,4-5,13H2,1H3/t9-,10+. The Morgan fingerprint density at radius 3 is 2.35 bits per heavy atom. The van der Waals surface area contributed by atoms with Gasteiger partial charge in [-0.1, -0.05) is 0 Å². The van der Waals surface area contributed by atoms with Gasteiger partial charge in [0, 0.05) is 13.1 Å². The first kappa shape index (κ1) is 15.0. The fraction of sp³-hybridized carbons (Fsp3) is 0.455. The number of nitrogen functional groups attached to an aromatic ring is 1. The van der Waals surface area contributed by atoms with E-state index in [-0.39, 0.29) is 29.4 Å². The summed E-state index contributed by atoms with van der Waals surface area (Å²) >= 11 is 0. The molecule has 0 unspecified atom stereocenters. The molecular formula is C11H15FN2O5S. The highest BCUT2D eigenvalue weighted by Crippen LogP contribution is 2.30. The molecule has 1 heterocycles. The lowest BCUT2D eigenvalue weighted by Gasteiger charge is -2.16. The number of hydrogen-bond donors (Lipinski definition) is 3. The number of nitrogens with zero attached hydrogens (tertiary/aromatic N) is 1. The minimum atomic E-state index is -4.04. The fourth-order valence-corrected chi connectivity index (χ4v) is 3.56. The van der Waals surface area contributed by atoms with Gasteiger partial charge >= 0.3 is 0 Å². The highest BCUT2D eigenvalue weighted by atomic mass is 32.2. The lowest BCUT2D eigenvalue weighted by atomic mass is 10.3. The smallest absolute Gasteiger partial charge is 0.243 e. The third-order valence-corrected chi connectivity index (χ3v) is 4.92. The third kappa shape index (κ3) is 2.44. The Balaban J connectivity index is 2.41. The quantitative estimate of drug-likeness (QED) is 0.627. The van der Waals surface area contributed by atoms with Crippen LogP contribution in [0.15, 0.2) is 17.0 Å². The van der Waals surface area contributed by atoms with Gasteiger partial charge in [-0.3, -0.25) is 0 Å². The van der Waals surface area contributed by atoms with E-state index in [1.165, 1.54) is 7.11 Å². The van der Waals surface area contributed by atoms with Crippen molar-refractivity contribution in [3.63, 3.8) is 0 Å². The van der Waals surface area contributed by atoms with Crippen LogP contribution in [0, 0.1) is 5.82 Å². The van der Waals surface area contributed by atoms with Crippen LogP contribution < -0.4 is 10.5 Å². The Morgan fingerprint density at radius 2 is 1.90 bits per heavy atom. The third-order valence-electron chi connectivity index (χ3n) is 3.11. The molecule has 0 radical (unpaired) electrons. The van der Waals surface area contributed by atoms with Gasteiger partial charge in [0.2, 0.25) is 10.0 Å². The van der Waals surface area contributed by atoms with Crippen LogP contribution in [0.1, 0.15) is 0 Å². The zero-order valence-electron chi connectivity index (χ0n) is 10.7. The van der Waals surface area contributed by atoms with Gasteiger partial charge in [-0.25, -0.2) is 12.8 Å². The number of nitrogens with two attached hydrogens (primary N) is 1. The van der Waals surface area contributed by atoms with Crippen molar-refractivity contribution in [2.24, 2.45) is 0 Å². The van der Waals surface area contributed by atoms with E-state index in [0.29, 0.717) is 0 Å². The molecule has 1 aromatic rings. The van der Waals surface area contributed by atoms with Crippen molar-refractivity contribution in [2.75, 3.05) is 25.9 Å². The average Bonchev–Trinajstić information content (AvgIpc) is 2.70. The predicted molar refractivity (Wildman–Crippen MR) is 68.1 cm³/mol. The first-order chi connectivity index (χ1) is 9.27. The van der Waals surface area contributed by atoms with Crippen LogP contribution in [-0.4, -0.2) is 55.3 Å². The van der Waals surface area contributed by atoms with E-state index in [2.05, 4.69) is 0 Å². The van der Waals surface area contributed by atoms with Crippen molar-refractivity contribution < 1.29 is 27.8 Å². The highest BCUT2D eigenvalue weighted by molar-refractivity contribution is 7.89. The predicted octanol–water partition coefficient (Wildman–Crippen LogP) is -0.857. The lowest BCUT2D eigenvalue weighted by Crippen LogP contribution is -2.30. The second-order valence-electron chi connectivity index (χ2n) is 4.48. The number of benzene rings is 1. The number of methoxy groups -OCH3 is 1. The molecule has 1 aliphatic heterocycles. The fourth-order valence-electron chi connectivity index (χ4n) is 2.03. The molecule has 0 aromatic heterocycles. The number of sulfonamides is 1. The van der Waals surface area contributed by atoms with Gasteiger partial charge in [0.1, 0.15) is 0 Å². The molecule has 0 amide bonds. The van der Waals surface area contributed by atoms with E-state index in [1.54, 1.807) is 0 Å². The summed E-state index contributed by atoms with van der Waals surface area (Å²) in [6, 6.07) is 1.87. The number of aliphatic hydroxyl groups excluding tert-OH is 2. The molecule has 0 spiro atoms. The van der Waals surface area contributed by atoms with Crippen LogP contribution in [0.5, 0.6) is 5.75 Å². The monoisotopic (exact) mass is 306 g/mol. The largest absolute Gasteiger partial charge is 0.492 e. The highest BCUT2D eigenvalue weighted by Gasteiger charge is 2.38. The Labute approximate surface area is 115 Å². The van der Waals surface area contributed by atoms with Crippen LogP contribution in [0.4, 0.5) is 10.1 Å². The van der Waals surface area contributed by atoms with Crippen LogP contribution in [-0.2, 0) is 10.0 Å². The molecule has 0 bridgehead atoms. The Morgan fingerprint density at radius 1 is 1.35 bits per heavy atom. The summed E-state index contributed by atoms with van der Waals surface area (Å²) in [7, 11) is -2.82. The van der Waals surface area contributed by atoms with E-state index in [4.69, 9.17) is 10.5 Å². The first-order valence-electron chi connectivity index (χ1n) is 5.76. The molecule has 1 aromatic carbocycles. The molecule has 9 heteroatoms. The molecule has 20 heavy (non-hydrogen) atoms. The Bertz CT molecular complexity index is 588. The van der Waals surface area contributed by atoms with Crippen molar-refractivity contribution in [3.05, 3.63) is 17.9 Å². The normalized spacial score (nSPS) is 24.0. The first-order valence-corrected chi connectivity index (χ1v) is 7.20. The van der Waals surface area contributed by atoms with E-state index in [9.17, 15) is 23.0 Å². The van der Waals surface area contributed by atoms with Crippen molar-refractivity contribution in [3.8, 4) is 5.75 Å². The van der Waals surface area contributed by atoms with Crippen LogP contribution in [0.2, 0.25) is 0 Å². The van der Waals surface area contributed by atoms with Gasteiger partial charge in [0.25, 0.3) is 0 Å². The summed E-state index contributed by atoms with van der Waals surface area (Å²) in [5.74, 6) is -1.13. The zero-order valence-corrected chi connectivity index (χ0v) is 11.5. The lowest BCUT2D eigenvalue weighted by molar-refractivity contribution is 0.0572. The second-order valence-corrected chi connectivity index (χ2v) is 6.42. The van der Waals surface area contributed by atoms with Crippen LogP contribution in [0.3, 0.4) is 0 Å². The zero-order chi connectivity index (χ0) is 15.1. The number of anilines is 1. The van der Waals surface area contributed by atoms with Crippen molar-refractivity contribution in [1.29, 1.82) is 0 Å². The summed E-state index contributed by atoms with van der Waals surface area (Å²) in [4.78, 5) is -0.352. The summed E-state index contributed by atoms with van der Waals surface area (Å²) < 4.78 is 43.8. The van der Waals surface area contributed by atoms with Crippen LogP contribution in [0.25, 0.3) is 0 Å². The number of ether oxygens (including phenoxy) is 1. The molecule has 0 saturated carbocycles. The number of β-amino-alcohol motifs (C(OH)–C–C–N with tert-alkyl or cyclic N) is 2. The Hall–Kier alpha value is -1.42. The topological polar surface area (TPSA) is 113 Å². The maximum Gasteiger partial charge on any atom is 0.243 e. The molecular weight excluding hydrogens is 291 g/mol. The van der Waals surface area contributed by atoms with E-state index < -0.39 is 28.0 Å². The number of rotatable bonds is 3. The van der Waals surface area contributed by atoms with Gasteiger partial charge in [-0.2, -0.15) is 4.31 Å². The summed E-state index contributed by atoms with van der Waals surface area (Å²) in [6.45, 7) is -0.506. The van der Waals surface area contributed by atoms with E-state index in [1.807, 2.05) is 0 Å². The molecule has 0 aliphatic carbocycles. The number of aliphatic hydroxyl groups is 2. The minimum absolute atomic E-state index is 0.147. The minimum Gasteiger partial charge on any atom is -0.492 e.